The van der Waals surface area contributed by atoms with Gasteiger partial charge in [0, 0.05) is 19.0 Å². The van der Waals surface area contributed by atoms with E-state index in [1.54, 1.807) is 24.3 Å². The van der Waals surface area contributed by atoms with Crippen LogP contribution in [0.2, 0.25) is 0 Å². The molecule has 0 radical (unpaired) electrons. The Morgan fingerprint density at radius 2 is 1.68 bits per heavy atom. The highest BCUT2D eigenvalue weighted by atomic mass is 32.1. The number of carbonyl (C=O) groups excluding carboxylic acids is 3. The molecule has 0 bridgehead atoms. The molecule has 3 rings (SSSR count). The van der Waals surface area contributed by atoms with Crippen molar-refractivity contribution < 1.29 is 14.4 Å². The lowest BCUT2D eigenvalue weighted by Gasteiger charge is -2.17. The summed E-state index contributed by atoms with van der Waals surface area (Å²) in [6.45, 7) is 0.0304. The Morgan fingerprint density at radius 3 is 2.28 bits per heavy atom. The SMILES string of the molecule is O=C(CCN1C(=O)c2ccccc2C1=O)NNC(=S)NC1CCCC1. The van der Waals surface area contributed by atoms with Crippen molar-refractivity contribution in [2.45, 2.75) is 38.1 Å². The Labute approximate surface area is 151 Å². The Hall–Kier alpha value is -2.48. The number of nitrogens with zero attached hydrogens (tertiary/aromatic N) is 1. The molecule has 1 aromatic rings. The van der Waals surface area contributed by atoms with Crippen molar-refractivity contribution in [3.63, 3.8) is 0 Å². The molecule has 1 aliphatic heterocycles. The molecule has 0 unspecified atom stereocenters. The number of hydrogen-bond acceptors (Lipinski definition) is 4. The van der Waals surface area contributed by atoms with Gasteiger partial charge in [0.05, 0.1) is 11.1 Å². The third kappa shape index (κ3) is 3.96. The molecule has 0 aromatic heterocycles. The summed E-state index contributed by atoms with van der Waals surface area (Å²) in [7, 11) is 0. The van der Waals surface area contributed by atoms with Crippen LogP contribution in [0.1, 0.15) is 52.8 Å². The molecule has 1 aliphatic carbocycles. The second kappa shape index (κ2) is 7.60. The van der Waals surface area contributed by atoms with Crippen LogP contribution in [0.25, 0.3) is 0 Å². The van der Waals surface area contributed by atoms with Crippen molar-refractivity contribution in [1.29, 1.82) is 0 Å². The zero-order valence-corrected chi connectivity index (χ0v) is 14.5. The summed E-state index contributed by atoms with van der Waals surface area (Å²) in [5.41, 5.74) is 5.91. The predicted molar refractivity (Wildman–Crippen MR) is 95.7 cm³/mol. The molecule has 25 heavy (non-hydrogen) atoms. The van der Waals surface area contributed by atoms with Gasteiger partial charge in [-0.05, 0) is 37.2 Å². The van der Waals surface area contributed by atoms with E-state index in [2.05, 4.69) is 16.2 Å². The molecule has 7 nitrogen and oxygen atoms in total. The highest BCUT2D eigenvalue weighted by molar-refractivity contribution is 7.80. The number of imide groups is 1. The van der Waals surface area contributed by atoms with Gasteiger partial charge >= 0.3 is 0 Å². The van der Waals surface area contributed by atoms with Crippen LogP contribution >= 0.6 is 12.2 Å². The number of fused-ring (bicyclic) bond motifs is 1. The minimum Gasteiger partial charge on any atom is -0.359 e. The molecule has 1 fully saturated rings. The van der Waals surface area contributed by atoms with Gasteiger partial charge in [0.25, 0.3) is 11.8 Å². The van der Waals surface area contributed by atoms with E-state index in [1.807, 2.05) is 0 Å². The van der Waals surface area contributed by atoms with E-state index >= 15 is 0 Å². The number of carbonyl (C=O) groups is 3. The molecular weight excluding hydrogens is 340 g/mol. The Balaban J connectivity index is 1.43. The van der Waals surface area contributed by atoms with Gasteiger partial charge in [0.15, 0.2) is 5.11 Å². The molecule has 2 aliphatic rings. The quantitative estimate of drug-likeness (QED) is 0.423. The largest absolute Gasteiger partial charge is 0.359 e. The summed E-state index contributed by atoms with van der Waals surface area (Å²) < 4.78 is 0. The number of rotatable bonds is 4. The number of thiocarbonyl (C=S) groups is 1. The summed E-state index contributed by atoms with van der Waals surface area (Å²) in [6, 6.07) is 7.01. The molecule has 1 saturated carbocycles. The number of hydrazine groups is 1. The van der Waals surface area contributed by atoms with Crippen LogP contribution in [-0.2, 0) is 4.79 Å². The third-order valence-corrected chi connectivity index (χ3v) is 4.67. The molecule has 0 saturated heterocycles. The van der Waals surface area contributed by atoms with Crippen LogP contribution in [0.15, 0.2) is 24.3 Å². The highest BCUT2D eigenvalue weighted by Crippen LogP contribution is 2.22. The van der Waals surface area contributed by atoms with Crippen LogP contribution in [0.4, 0.5) is 0 Å². The number of nitrogens with one attached hydrogen (secondary N) is 3. The van der Waals surface area contributed by atoms with Crippen molar-refractivity contribution in [1.82, 2.24) is 21.1 Å². The van der Waals surface area contributed by atoms with Gasteiger partial charge < -0.3 is 5.32 Å². The van der Waals surface area contributed by atoms with Crippen molar-refractivity contribution in [3.8, 4) is 0 Å². The van der Waals surface area contributed by atoms with Crippen molar-refractivity contribution in [2.24, 2.45) is 0 Å². The zero-order chi connectivity index (χ0) is 17.8. The maximum Gasteiger partial charge on any atom is 0.261 e. The van der Waals surface area contributed by atoms with E-state index in [9.17, 15) is 14.4 Å². The summed E-state index contributed by atoms with van der Waals surface area (Å²) in [5, 5.41) is 3.52. The highest BCUT2D eigenvalue weighted by Gasteiger charge is 2.34. The van der Waals surface area contributed by atoms with Gasteiger partial charge in [0.2, 0.25) is 5.91 Å². The second-order valence-corrected chi connectivity index (χ2v) is 6.59. The fourth-order valence-corrected chi connectivity index (χ4v) is 3.35. The summed E-state index contributed by atoms with van der Waals surface area (Å²) in [4.78, 5) is 37.4. The zero-order valence-electron chi connectivity index (χ0n) is 13.7. The number of hydrogen-bond donors (Lipinski definition) is 3. The summed E-state index contributed by atoms with van der Waals surface area (Å²) >= 11 is 5.13. The van der Waals surface area contributed by atoms with Crippen LogP contribution in [-0.4, -0.2) is 40.3 Å². The number of benzene rings is 1. The first kappa shape index (κ1) is 17.3. The number of amides is 3. The molecule has 3 amide bonds. The molecule has 0 spiro atoms. The summed E-state index contributed by atoms with van der Waals surface area (Å²) in [6.07, 6.45) is 4.54. The van der Waals surface area contributed by atoms with Gasteiger partial charge in [-0.1, -0.05) is 25.0 Å². The lowest BCUT2D eigenvalue weighted by Crippen LogP contribution is -2.49. The lowest BCUT2D eigenvalue weighted by molar-refractivity contribution is -0.121. The maximum absolute atomic E-state index is 12.2. The van der Waals surface area contributed by atoms with E-state index in [0.717, 1.165) is 17.7 Å². The van der Waals surface area contributed by atoms with Gasteiger partial charge in [-0.2, -0.15) is 0 Å². The molecule has 132 valence electrons. The van der Waals surface area contributed by atoms with Crippen molar-refractivity contribution in [2.75, 3.05) is 6.54 Å². The van der Waals surface area contributed by atoms with E-state index < -0.39 is 0 Å². The van der Waals surface area contributed by atoms with Crippen LogP contribution < -0.4 is 16.2 Å². The topological polar surface area (TPSA) is 90.5 Å². The minimum absolute atomic E-state index is 0.00447. The molecule has 3 N–H and O–H groups in total. The monoisotopic (exact) mass is 360 g/mol. The lowest BCUT2D eigenvalue weighted by atomic mass is 10.1. The Bertz CT molecular complexity index is 681. The standard InChI is InChI=1S/C17H20N4O3S/c22-14(19-20-17(25)18-11-5-1-2-6-11)9-10-21-15(23)12-7-3-4-8-13(12)16(21)24/h3-4,7-8,11H,1-2,5-6,9-10H2,(H,19,22)(H2,18,20,25). The first-order chi connectivity index (χ1) is 12.1. The first-order valence-electron chi connectivity index (χ1n) is 8.37. The smallest absolute Gasteiger partial charge is 0.261 e. The van der Waals surface area contributed by atoms with Gasteiger partial charge in [-0.3, -0.25) is 30.1 Å². The van der Waals surface area contributed by atoms with Crippen LogP contribution in [0, 0.1) is 0 Å². The van der Waals surface area contributed by atoms with Crippen LogP contribution in [0.3, 0.4) is 0 Å². The molecular formula is C17H20N4O3S. The first-order valence-corrected chi connectivity index (χ1v) is 8.77. The fraction of sp³-hybridized carbons (Fsp3) is 0.412. The average molecular weight is 360 g/mol. The molecule has 0 atom stereocenters. The van der Waals surface area contributed by atoms with E-state index in [-0.39, 0.29) is 30.7 Å². The second-order valence-electron chi connectivity index (χ2n) is 6.19. The normalized spacial score (nSPS) is 16.7. The van der Waals surface area contributed by atoms with E-state index in [0.29, 0.717) is 22.3 Å². The average Bonchev–Trinajstić information content (AvgIpc) is 3.20. The van der Waals surface area contributed by atoms with Gasteiger partial charge in [-0.25, -0.2) is 0 Å². The van der Waals surface area contributed by atoms with Gasteiger partial charge in [-0.15, -0.1) is 0 Å². The third-order valence-electron chi connectivity index (χ3n) is 4.45. The fourth-order valence-electron chi connectivity index (χ4n) is 3.14. The Morgan fingerprint density at radius 1 is 1.08 bits per heavy atom. The predicted octanol–water partition coefficient (Wildman–Crippen LogP) is 1.11. The van der Waals surface area contributed by atoms with E-state index in [1.165, 1.54) is 12.8 Å². The molecule has 1 aromatic carbocycles. The Kier molecular flexibility index (Phi) is 5.28. The van der Waals surface area contributed by atoms with Crippen molar-refractivity contribution >= 4 is 35.1 Å². The van der Waals surface area contributed by atoms with Crippen LogP contribution in [0.5, 0.6) is 0 Å². The minimum atomic E-state index is -0.361. The van der Waals surface area contributed by atoms with Crippen molar-refractivity contribution in [3.05, 3.63) is 35.4 Å². The molecule has 1 heterocycles. The maximum atomic E-state index is 12.2. The van der Waals surface area contributed by atoms with Gasteiger partial charge in [0.1, 0.15) is 0 Å². The van der Waals surface area contributed by atoms with E-state index in [4.69, 9.17) is 12.2 Å². The molecule has 8 heteroatoms. The summed E-state index contributed by atoms with van der Waals surface area (Å²) in [5.74, 6) is -1.06.